The number of allylic oxidation sites excluding steroid dienone is 2. The Labute approximate surface area is 174 Å². The van der Waals surface area contributed by atoms with E-state index >= 15 is 0 Å². The van der Waals surface area contributed by atoms with Crippen LogP contribution in [0.2, 0.25) is 0 Å². The summed E-state index contributed by atoms with van der Waals surface area (Å²) < 4.78 is 27.7. The molecule has 0 aliphatic heterocycles. The number of carbonyl (C=O) groups is 1. The van der Waals surface area contributed by atoms with Crippen LogP contribution in [0.15, 0.2) is 56.5 Å². The number of Topliss-reactive ketones (excluding diaryl/α,β-unsaturated/α-hetero) is 1. The highest BCUT2D eigenvalue weighted by Crippen LogP contribution is 2.34. The van der Waals surface area contributed by atoms with Crippen LogP contribution >= 0.6 is 31.9 Å². The molecule has 0 N–H and O–H groups in total. The molecule has 0 atom stereocenters. The maximum absolute atomic E-state index is 13.5. The van der Waals surface area contributed by atoms with Crippen LogP contribution in [-0.2, 0) is 4.79 Å². The van der Waals surface area contributed by atoms with Gasteiger partial charge in [0.1, 0.15) is 11.6 Å². The van der Waals surface area contributed by atoms with Gasteiger partial charge in [-0.3, -0.25) is 4.79 Å². The first kappa shape index (κ1) is 20.2. The zero-order chi connectivity index (χ0) is 19.6. The first-order valence-corrected chi connectivity index (χ1v) is 10.3. The van der Waals surface area contributed by atoms with Crippen molar-refractivity contribution in [1.29, 1.82) is 0 Å². The summed E-state index contributed by atoms with van der Waals surface area (Å²) in [5.74, 6) is -0.296. The van der Waals surface area contributed by atoms with E-state index in [0.717, 1.165) is 28.7 Å². The first-order chi connectivity index (χ1) is 12.9. The summed E-state index contributed by atoms with van der Waals surface area (Å²) in [5, 5.41) is 0. The van der Waals surface area contributed by atoms with Crippen molar-refractivity contribution in [3.05, 3.63) is 79.3 Å². The van der Waals surface area contributed by atoms with Crippen molar-refractivity contribution in [2.75, 3.05) is 0 Å². The zero-order valence-corrected chi connectivity index (χ0v) is 17.9. The van der Waals surface area contributed by atoms with E-state index in [1.807, 2.05) is 12.2 Å². The molecule has 140 valence electrons. The third-order valence-electron chi connectivity index (χ3n) is 4.75. The maximum atomic E-state index is 13.5. The van der Waals surface area contributed by atoms with Gasteiger partial charge in [0.2, 0.25) is 0 Å². The molecule has 2 aromatic carbocycles. The molecule has 0 unspecified atom stereocenters. The molecule has 1 fully saturated rings. The average molecular weight is 496 g/mol. The summed E-state index contributed by atoms with van der Waals surface area (Å²) in [7, 11) is 0. The van der Waals surface area contributed by atoms with Crippen molar-refractivity contribution in [3.8, 4) is 0 Å². The standard InChI is InChI=1S/C22H18Br2F2O/c1-2-13-7-16(9-14-3-5-20(25)18(23)11-14)22(27)17(8-13)10-15-4-6-21(26)19(24)12-15/h3-6,9-13H,2,7-8H2,1H3/b16-9+,17-10+. The van der Waals surface area contributed by atoms with Crippen molar-refractivity contribution >= 4 is 49.8 Å². The van der Waals surface area contributed by atoms with Crippen molar-refractivity contribution in [2.24, 2.45) is 5.92 Å². The Hall–Kier alpha value is -1.59. The molecular formula is C22H18Br2F2O. The predicted octanol–water partition coefficient (Wildman–Crippen LogP) is 7.35. The van der Waals surface area contributed by atoms with E-state index in [1.54, 1.807) is 24.3 Å². The maximum Gasteiger partial charge on any atom is 0.185 e. The minimum absolute atomic E-state index is 0.000551. The van der Waals surface area contributed by atoms with Crippen LogP contribution in [0.4, 0.5) is 8.78 Å². The summed E-state index contributed by atoms with van der Waals surface area (Å²) in [6.45, 7) is 2.11. The molecule has 0 heterocycles. The van der Waals surface area contributed by atoms with E-state index in [4.69, 9.17) is 0 Å². The highest BCUT2D eigenvalue weighted by Gasteiger charge is 2.26. The molecule has 0 radical (unpaired) electrons. The van der Waals surface area contributed by atoms with E-state index in [0.29, 0.717) is 27.7 Å². The molecule has 3 rings (SSSR count). The van der Waals surface area contributed by atoms with Crippen LogP contribution in [0.1, 0.15) is 37.3 Å². The average Bonchev–Trinajstić information content (AvgIpc) is 2.64. The van der Waals surface area contributed by atoms with Gasteiger partial charge in [0.15, 0.2) is 5.78 Å². The summed E-state index contributed by atoms with van der Waals surface area (Å²) in [6, 6.07) is 9.44. The van der Waals surface area contributed by atoms with E-state index in [1.165, 1.54) is 12.1 Å². The van der Waals surface area contributed by atoms with Gasteiger partial charge in [-0.15, -0.1) is 0 Å². The fourth-order valence-electron chi connectivity index (χ4n) is 3.23. The van der Waals surface area contributed by atoms with Gasteiger partial charge in [-0.1, -0.05) is 25.5 Å². The Balaban J connectivity index is 1.97. The fraction of sp³-hybridized carbons (Fsp3) is 0.227. The SMILES string of the molecule is CCC1C/C(=C\c2ccc(F)c(Br)c2)C(=O)/C(=C/c2ccc(F)c(Br)c2)C1. The van der Waals surface area contributed by atoms with Crippen LogP contribution < -0.4 is 0 Å². The molecule has 0 bridgehead atoms. The number of ketones is 1. The van der Waals surface area contributed by atoms with Crippen LogP contribution in [0.5, 0.6) is 0 Å². The number of halogens is 4. The lowest BCUT2D eigenvalue weighted by Crippen LogP contribution is -2.19. The van der Waals surface area contributed by atoms with Crippen LogP contribution in [0.25, 0.3) is 12.2 Å². The van der Waals surface area contributed by atoms with Crippen LogP contribution in [-0.4, -0.2) is 5.78 Å². The van der Waals surface area contributed by atoms with Gasteiger partial charge in [-0.2, -0.15) is 0 Å². The highest BCUT2D eigenvalue weighted by molar-refractivity contribution is 9.10. The van der Waals surface area contributed by atoms with Crippen LogP contribution in [0, 0.1) is 17.6 Å². The summed E-state index contributed by atoms with van der Waals surface area (Å²) in [4.78, 5) is 13.0. The Morgan fingerprint density at radius 2 is 1.37 bits per heavy atom. The quantitative estimate of drug-likeness (QED) is 0.407. The molecular weight excluding hydrogens is 478 g/mol. The van der Waals surface area contributed by atoms with Gasteiger partial charge < -0.3 is 0 Å². The minimum Gasteiger partial charge on any atom is -0.289 e. The second-order valence-electron chi connectivity index (χ2n) is 6.70. The molecule has 1 aliphatic carbocycles. The van der Waals surface area contributed by atoms with Crippen molar-refractivity contribution in [2.45, 2.75) is 26.2 Å². The van der Waals surface area contributed by atoms with Crippen molar-refractivity contribution < 1.29 is 13.6 Å². The van der Waals surface area contributed by atoms with E-state index in [-0.39, 0.29) is 17.4 Å². The van der Waals surface area contributed by atoms with Gasteiger partial charge in [-0.05, 0) is 98.2 Å². The minimum atomic E-state index is -0.332. The molecule has 0 amide bonds. The third-order valence-corrected chi connectivity index (χ3v) is 5.96. The highest BCUT2D eigenvalue weighted by atomic mass is 79.9. The Morgan fingerprint density at radius 1 is 0.926 bits per heavy atom. The van der Waals surface area contributed by atoms with Gasteiger partial charge >= 0.3 is 0 Å². The number of carbonyl (C=O) groups excluding carboxylic acids is 1. The van der Waals surface area contributed by atoms with Gasteiger partial charge in [0.25, 0.3) is 0 Å². The number of rotatable bonds is 3. The van der Waals surface area contributed by atoms with Crippen molar-refractivity contribution in [3.63, 3.8) is 0 Å². The number of benzene rings is 2. The summed E-state index contributed by atoms with van der Waals surface area (Å²) in [5.41, 5.74) is 3.01. The number of hydrogen-bond acceptors (Lipinski definition) is 1. The number of hydrogen-bond donors (Lipinski definition) is 0. The van der Waals surface area contributed by atoms with Crippen molar-refractivity contribution in [1.82, 2.24) is 0 Å². The molecule has 27 heavy (non-hydrogen) atoms. The molecule has 1 saturated carbocycles. The molecule has 1 aliphatic rings. The first-order valence-electron chi connectivity index (χ1n) is 8.73. The lowest BCUT2D eigenvalue weighted by atomic mass is 9.79. The Morgan fingerprint density at radius 3 is 1.74 bits per heavy atom. The van der Waals surface area contributed by atoms with Crippen LogP contribution in [0.3, 0.4) is 0 Å². The Bertz CT molecular complexity index is 874. The van der Waals surface area contributed by atoms with Gasteiger partial charge in [0.05, 0.1) is 8.95 Å². The largest absolute Gasteiger partial charge is 0.289 e. The lowest BCUT2D eigenvalue weighted by molar-refractivity contribution is -0.113. The summed E-state index contributed by atoms with van der Waals surface area (Å²) in [6.07, 6.45) is 6.04. The van der Waals surface area contributed by atoms with E-state index in [9.17, 15) is 13.6 Å². The van der Waals surface area contributed by atoms with E-state index < -0.39 is 0 Å². The Kier molecular flexibility index (Phi) is 6.43. The summed E-state index contributed by atoms with van der Waals surface area (Å²) >= 11 is 6.37. The molecule has 5 heteroatoms. The predicted molar refractivity (Wildman–Crippen MR) is 112 cm³/mol. The molecule has 2 aromatic rings. The topological polar surface area (TPSA) is 17.1 Å². The molecule has 0 spiro atoms. The molecule has 0 saturated heterocycles. The molecule has 0 aromatic heterocycles. The monoisotopic (exact) mass is 494 g/mol. The molecule has 1 nitrogen and oxygen atoms in total. The van der Waals surface area contributed by atoms with E-state index in [2.05, 4.69) is 38.8 Å². The fourth-order valence-corrected chi connectivity index (χ4v) is 4.02. The van der Waals surface area contributed by atoms with Gasteiger partial charge in [-0.25, -0.2) is 8.78 Å². The zero-order valence-electron chi connectivity index (χ0n) is 14.7. The second-order valence-corrected chi connectivity index (χ2v) is 8.41. The third kappa shape index (κ3) is 4.82. The lowest BCUT2D eigenvalue weighted by Gasteiger charge is -2.25. The van der Waals surface area contributed by atoms with Gasteiger partial charge in [0, 0.05) is 11.1 Å². The second kappa shape index (κ2) is 8.61. The smallest absolute Gasteiger partial charge is 0.185 e. The normalized spacial score (nSPS) is 20.5.